The lowest BCUT2D eigenvalue weighted by Crippen LogP contribution is -2.53. The Morgan fingerprint density at radius 1 is 1.19 bits per heavy atom. The van der Waals surface area contributed by atoms with Gasteiger partial charge in [0.05, 0.1) is 0 Å². The quantitative estimate of drug-likeness (QED) is 0.704. The number of halogens is 2. The number of imide groups is 1. The topological polar surface area (TPSA) is 95.7 Å². The summed E-state index contributed by atoms with van der Waals surface area (Å²) in [5.74, 6) is -3.85. The fourth-order valence-electron chi connectivity index (χ4n) is 5.69. The molecular formula is C22H26F2N4O3. The molecule has 1 unspecified atom stereocenters. The molecule has 3 atom stereocenters. The van der Waals surface area contributed by atoms with Crippen LogP contribution in [-0.4, -0.2) is 58.1 Å². The first-order valence-corrected chi connectivity index (χ1v) is 10.8. The van der Waals surface area contributed by atoms with Gasteiger partial charge in [-0.2, -0.15) is 0 Å². The Kier molecular flexibility index (Phi) is 4.67. The van der Waals surface area contributed by atoms with Crippen LogP contribution in [0.3, 0.4) is 0 Å². The zero-order chi connectivity index (χ0) is 22.0. The van der Waals surface area contributed by atoms with Crippen molar-refractivity contribution in [2.24, 2.45) is 11.7 Å². The molecule has 4 aliphatic rings. The summed E-state index contributed by atoms with van der Waals surface area (Å²) in [5.41, 5.74) is 8.29. The molecule has 0 aromatic heterocycles. The van der Waals surface area contributed by atoms with Gasteiger partial charge < -0.3 is 10.6 Å². The van der Waals surface area contributed by atoms with E-state index >= 15 is 0 Å². The van der Waals surface area contributed by atoms with E-state index in [2.05, 4.69) is 10.2 Å². The summed E-state index contributed by atoms with van der Waals surface area (Å²) in [5, 5.41) is 2.31. The lowest BCUT2D eigenvalue weighted by Gasteiger charge is -2.38. The molecule has 166 valence electrons. The molecule has 0 radical (unpaired) electrons. The predicted octanol–water partition coefficient (Wildman–Crippen LogP) is 1.40. The fraction of sp³-hybridized carbons (Fsp3) is 0.591. The third kappa shape index (κ3) is 3.53. The van der Waals surface area contributed by atoms with E-state index in [9.17, 15) is 23.2 Å². The molecule has 3 amide bonds. The molecule has 3 heterocycles. The van der Waals surface area contributed by atoms with Gasteiger partial charge in [0, 0.05) is 56.5 Å². The van der Waals surface area contributed by atoms with Crippen LogP contribution in [0.2, 0.25) is 0 Å². The maximum Gasteiger partial charge on any atom is 0.255 e. The Bertz CT molecular complexity index is 968. The Labute approximate surface area is 178 Å². The molecule has 1 saturated carbocycles. The number of amides is 3. The molecule has 1 aliphatic carbocycles. The summed E-state index contributed by atoms with van der Waals surface area (Å²) in [6.45, 7) is 1.91. The zero-order valence-electron chi connectivity index (χ0n) is 17.2. The van der Waals surface area contributed by atoms with Gasteiger partial charge in [-0.15, -0.1) is 0 Å². The molecule has 31 heavy (non-hydrogen) atoms. The smallest absolute Gasteiger partial charge is 0.255 e. The summed E-state index contributed by atoms with van der Waals surface area (Å²) in [6, 6.07) is 4.85. The van der Waals surface area contributed by atoms with Crippen LogP contribution >= 0.6 is 0 Å². The van der Waals surface area contributed by atoms with Crippen molar-refractivity contribution in [1.82, 2.24) is 15.1 Å². The van der Waals surface area contributed by atoms with E-state index in [1.807, 2.05) is 12.1 Å². The zero-order valence-corrected chi connectivity index (χ0v) is 17.2. The number of carbonyl (C=O) groups is 3. The lowest BCUT2D eigenvalue weighted by molar-refractivity contribution is -0.136. The van der Waals surface area contributed by atoms with Crippen molar-refractivity contribution >= 4 is 17.7 Å². The van der Waals surface area contributed by atoms with Crippen molar-refractivity contribution < 1.29 is 23.2 Å². The number of benzene rings is 1. The normalized spacial score (nSPS) is 32.7. The average molecular weight is 432 g/mol. The van der Waals surface area contributed by atoms with Crippen LogP contribution in [0.1, 0.15) is 53.6 Å². The largest absolute Gasteiger partial charge is 0.324 e. The molecule has 0 bridgehead atoms. The van der Waals surface area contributed by atoms with Gasteiger partial charge in [-0.3, -0.25) is 24.6 Å². The molecule has 5 rings (SSSR count). The minimum atomic E-state index is -2.65. The van der Waals surface area contributed by atoms with Crippen LogP contribution in [-0.2, 0) is 22.7 Å². The van der Waals surface area contributed by atoms with Crippen molar-refractivity contribution in [3.8, 4) is 0 Å². The van der Waals surface area contributed by atoms with Crippen LogP contribution in [0.25, 0.3) is 0 Å². The molecule has 1 aromatic carbocycles. The Balaban J connectivity index is 1.34. The standard InChI is InChI=1S/C22H26F2N4O3/c23-22(24)7-6-21(25)12-27(10-14(21)8-22)9-13-2-1-3-15-16(13)11-28(20(15)31)17-4-5-18(29)26-19(17)30/h1-3,14,17H,4-12,25H2,(H,26,29,30)/t14-,17?,21-/m1/s1. The fourth-order valence-corrected chi connectivity index (χ4v) is 5.69. The van der Waals surface area contributed by atoms with Crippen LogP contribution in [0.4, 0.5) is 8.78 Å². The Morgan fingerprint density at radius 2 is 2.00 bits per heavy atom. The second-order valence-electron chi connectivity index (χ2n) is 9.50. The van der Waals surface area contributed by atoms with Crippen LogP contribution < -0.4 is 11.1 Å². The number of nitrogens with zero attached hydrogens (tertiary/aromatic N) is 2. The van der Waals surface area contributed by atoms with Crippen LogP contribution in [0.15, 0.2) is 18.2 Å². The van der Waals surface area contributed by atoms with Crippen LogP contribution in [0.5, 0.6) is 0 Å². The van der Waals surface area contributed by atoms with Crippen molar-refractivity contribution in [3.63, 3.8) is 0 Å². The minimum absolute atomic E-state index is 0.163. The first-order valence-electron chi connectivity index (χ1n) is 10.8. The number of carbonyl (C=O) groups excluding carboxylic acids is 3. The highest BCUT2D eigenvalue weighted by atomic mass is 19.3. The second kappa shape index (κ2) is 7.06. The summed E-state index contributed by atoms with van der Waals surface area (Å²) >= 11 is 0. The number of likely N-dealkylation sites (tertiary alicyclic amines) is 1. The maximum atomic E-state index is 13.9. The molecule has 1 aromatic rings. The average Bonchev–Trinajstić information content (AvgIpc) is 3.19. The third-order valence-electron chi connectivity index (χ3n) is 7.38. The predicted molar refractivity (Wildman–Crippen MR) is 107 cm³/mol. The van der Waals surface area contributed by atoms with Gasteiger partial charge in [0.15, 0.2) is 0 Å². The van der Waals surface area contributed by atoms with Gasteiger partial charge >= 0.3 is 0 Å². The van der Waals surface area contributed by atoms with E-state index in [4.69, 9.17) is 5.73 Å². The summed E-state index contributed by atoms with van der Waals surface area (Å²) in [6.07, 6.45) is 0.508. The van der Waals surface area contributed by atoms with E-state index in [-0.39, 0.29) is 37.0 Å². The Morgan fingerprint density at radius 3 is 2.77 bits per heavy atom. The monoisotopic (exact) mass is 432 g/mol. The maximum absolute atomic E-state index is 13.9. The van der Waals surface area contributed by atoms with E-state index in [1.54, 1.807) is 6.07 Å². The highest BCUT2D eigenvalue weighted by Gasteiger charge is 2.52. The number of fused-ring (bicyclic) bond motifs is 2. The van der Waals surface area contributed by atoms with Gasteiger partial charge in [0.25, 0.3) is 5.91 Å². The summed E-state index contributed by atoms with van der Waals surface area (Å²) in [4.78, 5) is 40.4. The number of hydrogen-bond donors (Lipinski definition) is 2. The van der Waals surface area contributed by atoms with E-state index in [0.29, 0.717) is 44.6 Å². The third-order valence-corrected chi connectivity index (χ3v) is 7.38. The molecule has 3 aliphatic heterocycles. The first-order chi connectivity index (χ1) is 14.7. The van der Waals surface area contributed by atoms with E-state index in [0.717, 1.165) is 11.1 Å². The van der Waals surface area contributed by atoms with Gasteiger partial charge in [-0.05, 0) is 36.0 Å². The van der Waals surface area contributed by atoms with Crippen molar-refractivity contribution in [2.45, 2.75) is 62.7 Å². The molecule has 0 spiro atoms. The van der Waals surface area contributed by atoms with Crippen molar-refractivity contribution in [1.29, 1.82) is 0 Å². The second-order valence-corrected chi connectivity index (χ2v) is 9.50. The Hall–Kier alpha value is -2.39. The molecular weight excluding hydrogens is 406 g/mol. The van der Waals surface area contributed by atoms with Crippen molar-refractivity contribution in [2.75, 3.05) is 13.1 Å². The summed E-state index contributed by atoms with van der Waals surface area (Å²) < 4.78 is 27.8. The SMILES string of the molecule is N[C@@]12CCC(F)(F)C[C@@H]1CN(Cc1cccc3c1CN(C1CCC(=O)NC1=O)C3=O)C2. The first kappa shape index (κ1) is 20.5. The number of rotatable bonds is 3. The van der Waals surface area contributed by atoms with E-state index < -0.39 is 23.4 Å². The number of nitrogens with one attached hydrogen (secondary N) is 1. The summed E-state index contributed by atoms with van der Waals surface area (Å²) in [7, 11) is 0. The van der Waals surface area contributed by atoms with Crippen LogP contribution in [0, 0.1) is 5.92 Å². The lowest BCUT2D eigenvalue weighted by atomic mass is 9.74. The number of alkyl halides is 2. The van der Waals surface area contributed by atoms with Gasteiger partial charge in [0.2, 0.25) is 17.7 Å². The van der Waals surface area contributed by atoms with Gasteiger partial charge in [-0.1, -0.05) is 12.1 Å². The molecule has 2 saturated heterocycles. The van der Waals surface area contributed by atoms with Crippen molar-refractivity contribution in [3.05, 3.63) is 34.9 Å². The van der Waals surface area contributed by atoms with E-state index in [1.165, 1.54) is 4.90 Å². The number of piperidine rings is 1. The highest BCUT2D eigenvalue weighted by molar-refractivity contribution is 6.05. The number of nitrogens with two attached hydrogens (primary N) is 1. The minimum Gasteiger partial charge on any atom is -0.324 e. The molecule has 9 heteroatoms. The molecule has 3 N–H and O–H groups in total. The molecule has 7 nitrogen and oxygen atoms in total. The van der Waals surface area contributed by atoms with Gasteiger partial charge in [0.1, 0.15) is 6.04 Å². The molecule has 3 fully saturated rings. The van der Waals surface area contributed by atoms with Gasteiger partial charge in [-0.25, -0.2) is 8.78 Å². The number of hydrogen-bond acceptors (Lipinski definition) is 5. The highest BCUT2D eigenvalue weighted by Crippen LogP contribution is 2.45.